The van der Waals surface area contributed by atoms with Gasteiger partial charge in [0.15, 0.2) is 5.78 Å². The summed E-state index contributed by atoms with van der Waals surface area (Å²) in [5.74, 6) is 0.655. The summed E-state index contributed by atoms with van der Waals surface area (Å²) in [4.78, 5) is 97.0. The number of carbonyl (C=O) groups excluding carboxylic acids is 9. The zero-order chi connectivity index (χ0) is 52.9. The van der Waals surface area contributed by atoms with Crippen LogP contribution in [0.25, 0.3) is 0 Å². The van der Waals surface area contributed by atoms with Gasteiger partial charge in [0.25, 0.3) is 0 Å². The van der Waals surface area contributed by atoms with E-state index in [0.717, 1.165) is 124 Å². The van der Waals surface area contributed by atoms with Crippen molar-refractivity contribution in [1.82, 2.24) is 75.5 Å². The number of nitrogens with zero attached hydrogens (tertiary/aromatic N) is 8. The van der Waals surface area contributed by atoms with E-state index in [4.69, 9.17) is 10.5 Å². The molecule has 0 aliphatic carbocycles. The first-order valence-electron chi connectivity index (χ1n) is 23.4. The normalized spacial score (nSPS) is 19.0. The van der Waals surface area contributed by atoms with Crippen LogP contribution in [0.5, 0.6) is 0 Å². The van der Waals surface area contributed by atoms with Crippen LogP contribution in [0, 0.1) is 0 Å². The first-order chi connectivity index (χ1) is 33.9. The van der Waals surface area contributed by atoms with Gasteiger partial charge in [0, 0.05) is 375 Å². The summed E-state index contributed by atoms with van der Waals surface area (Å²) < 4.78 is 8.28. The number of hydrogen-bond donors (Lipinski definition) is 8. The topological polar surface area (TPSA) is 290 Å². The van der Waals surface area contributed by atoms with Gasteiger partial charge < -0.3 is 81.4 Å². The second kappa shape index (κ2) is 73.0. The molecule has 6 amide bonds. The van der Waals surface area contributed by atoms with Crippen molar-refractivity contribution in [1.29, 1.82) is 0 Å². The molecule has 496 valence electrons. The van der Waals surface area contributed by atoms with E-state index in [1.165, 1.54) is 27.1 Å². The van der Waals surface area contributed by atoms with Crippen LogP contribution in [-0.2, 0) is 239 Å². The van der Waals surface area contributed by atoms with E-state index in [0.29, 0.717) is 61.2 Å². The van der Waals surface area contributed by atoms with E-state index >= 15 is 0 Å². The van der Waals surface area contributed by atoms with Gasteiger partial charge in [-0.1, -0.05) is 104 Å². The minimum atomic E-state index is 0. The molecule has 0 aromatic heterocycles. The molecule has 4 atom stereocenters. The second-order valence-electron chi connectivity index (χ2n) is 18.5. The van der Waals surface area contributed by atoms with Crippen LogP contribution in [-0.4, -0.2) is 279 Å². The molecular formula is C51H114N16O9P4Y6-6. The van der Waals surface area contributed by atoms with Crippen LogP contribution < -0.4 is 43.0 Å². The van der Waals surface area contributed by atoms with E-state index in [2.05, 4.69) is 103 Å². The van der Waals surface area contributed by atoms with Gasteiger partial charge in [0.1, 0.15) is 5.78 Å². The number of nitrogens with two attached hydrogens (primary N) is 1. The molecule has 0 saturated carbocycles. The van der Waals surface area contributed by atoms with E-state index in [1.807, 2.05) is 9.57 Å². The van der Waals surface area contributed by atoms with Crippen molar-refractivity contribution in [3.05, 3.63) is 0 Å². The number of nitrogens with one attached hydrogen (secondary N) is 7. The van der Waals surface area contributed by atoms with Crippen molar-refractivity contribution >= 4 is 93.4 Å². The van der Waals surface area contributed by atoms with Crippen LogP contribution in [0.1, 0.15) is 94.5 Å². The van der Waals surface area contributed by atoms with Gasteiger partial charge in [0.2, 0.25) is 5.91 Å². The molecule has 25 nitrogen and oxygen atoms in total. The third kappa shape index (κ3) is 53.9. The Balaban J connectivity index is -0.0000000568. The Morgan fingerprint density at radius 1 is 0.430 bits per heavy atom. The molecule has 10 heterocycles. The third-order valence-electron chi connectivity index (χ3n) is 11.9. The maximum Gasteiger partial charge on any atom is 0.219 e. The fourth-order valence-corrected chi connectivity index (χ4v) is 9.21. The van der Waals surface area contributed by atoms with E-state index in [9.17, 15) is 38.4 Å². The fourth-order valence-electron chi connectivity index (χ4n) is 7.27. The SMILES string of the molecule is C.C.C.C.C.C.C.C.C.CC(=O)N1CC(N2CC(N[C-]=O)C2)C1.CC(C)=O.C[C-]=O.NC1CN(P)C1.O=C1CN(P)C1.O=[C-]NC1CN(C2CN(P)C2)C1.O=[C-]NC1CN(C2CNC2)C1.O=[C-]NC1CN(P)C1.O=[C-]NC1CNC1.[Y].[Y].[Y].[Y].[Y].[Y]. The summed E-state index contributed by atoms with van der Waals surface area (Å²) in [5, 5.41) is 19.2. The molecule has 0 bridgehead atoms. The molecule has 0 aromatic rings. The fraction of sp³-hybridized carbons (Fsp3) is 0.824. The van der Waals surface area contributed by atoms with E-state index in [-0.39, 0.29) is 281 Å². The van der Waals surface area contributed by atoms with Gasteiger partial charge >= 0.3 is 0 Å². The molecule has 6 radical (unpaired) electrons. The molecule has 10 aliphatic heterocycles. The second-order valence-corrected chi connectivity index (χ2v) is 21.4. The summed E-state index contributed by atoms with van der Waals surface area (Å²) in [6, 6.07) is 4.04. The smallest absolute Gasteiger partial charge is 0.219 e. The number of hydrogen-bond acceptors (Lipinski definition) is 19. The largest absolute Gasteiger partial charge is 0.542 e. The third-order valence-corrected chi connectivity index (χ3v) is 13.6. The summed E-state index contributed by atoms with van der Waals surface area (Å²) in [6.07, 6.45) is 9.94. The quantitative estimate of drug-likeness (QED) is 0.0617. The number of amides is 6. The molecule has 4 unspecified atom stereocenters. The molecule has 0 spiro atoms. The van der Waals surface area contributed by atoms with Gasteiger partial charge in [-0.25, -0.2) is 0 Å². The van der Waals surface area contributed by atoms with Crippen LogP contribution in [0.2, 0.25) is 0 Å². The molecule has 86 heavy (non-hydrogen) atoms. The maximum atomic E-state index is 10.9. The van der Waals surface area contributed by atoms with Crippen molar-refractivity contribution in [2.75, 3.05) is 131 Å². The number of ketones is 2. The first-order valence-corrected chi connectivity index (χ1v) is 25.5. The zero-order valence-electron chi connectivity index (χ0n) is 44.9. The first kappa shape index (κ1) is 123. The van der Waals surface area contributed by atoms with Crippen molar-refractivity contribution < 1.29 is 239 Å². The molecule has 10 fully saturated rings. The van der Waals surface area contributed by atoms with Crippen LogP contribution >= 0.6 is 37.6 Å². The summed E-state index contributed by atoms with van der Waals surface area (Å²) in [5.41, 5.74) is 5.41. The molecule has 0 aromatic carbocycles. The molecule has 10 rings (SSSR count). The van der Waals surface area contributed by atoms with Gasteiger partial charge in [-0.15, -0.1) is 0 Å². The molecule has 10 aliphatic rings. The molecule has 9 N–H and O–H groups in total. The monoisotopic (exact) mass is 1750 g/mol. The van der Waals surface area contributed by atoms with E-state index in [1.54, 1.807) is 39.0 Å². The van der Waals surface area contributed by atoms with E-state index < -0.39 is 0 Å². The Kier molecular flexibility index (Phi) is 105. The summed E-state index contributed by atoms with van der Waals surface area (Å²) >= 11 is 0. The molecule has 35 heteroatoms. The zero-order valence-corrected chi connectivity index (χ0v) is 66.6. The minimum Gasteiger partial charge on any atom is -0.542 e. The number of rotatable bonds is 13. The Labute approximate surface area is 684 Å². The Bertz CT molecular complexity index is 1610. The standard InChI is InChI=1S/C9H14N3O2.C7H13N3OP.C7H12N3O.C4H8N2OP.C4H7N2O.C3H9N2P.C3H6NOP.C3H6O.C2H3O.9CH4.6Y/c1-7(14)11-4-9(5-11)12-2-8(3-12)10-6-13;11-5-8-6-1-9(2-6)7-3-10(12)4-7;11-5-9-6-3-10(4-6)7-1-8-2-7;7-3-5-4-1-6(8)2-4;7-3-6-4-1-5-2-4;4-3-1-5(6)2-3;5-3-1-4(6)2-3;1-3(2)4;1-2-3;;;;;;;;;;;;;;;/h8-9H,2-5H2,1H3,(H,10,13);6-7H,1-4,12H2,(H,8,11);6-8H,1-4H2,(H,9,11);4H,1-2,8H2,(H,5,7);4-5H,1-2H2,(H,6,7);3H,1-2,4,6H2;1-2,6H2;1-2H3;1H3;9*1H4;;;;;;/q5*-1;;;;-1;;;;;;;;;;;;;;;. The Morgan fingerprint density at radius 3 is 0.849 bits per heavy atom. The van der Waals surface area contributed by atoms with Crippen LogP contribution in [0.15, 0.2) is 0 Å². The Morgan fingerprint density at radius 2 is 0.686 bits per heavy atom. The van der Waals surface area contributed by atoms with Gasteiger partial charge in [0.05, 0.1) is 13.1 Å². The maximum absolute atomic E-state index is 10.9. The predicted molar refractivity (Wildman–Crippen MR) is 344 cm³/mol. The Hall–Kier alpha value is 3.77. The summed E-state index contributed by atoms with van der Waals surface area (Å²) in [7, 11) is 10.3. The van der Waals surface area contributed by atoms with Gasteiger partial charge in [-0.3, -0.25) is 49.3 Å². The summed E-state index contributed by atoms with van der Waals surface area (Å²) in [6.45, 7) is 24.9. The van der Waals surface area contributed by atoms with Crippen LogP contribution in [0.4, 0.5) is 0 Å². The van der Waals surface area contributed by atoms with Crippen molar-refractivity contribution in [3.8, 4) is 0 Å². The number of likely N-dealkylation sites (tertiary alicyclic amines) is 4. The number of Topliss-reactive ketones (excluding diaryl/α,β-unsaturated/α-hetero) is 2. The average Bonchev–Trinajstić information content (AvgIpc) is 3.17. The van der Waals surface area contributed by atoms with Crippen molar-refractivity contribution in [2.45, 2.75) is 149 Å². The number of carbonyl (C=O) groups is 3. The molecule has 10 saturated heterocycles. The molecular weight excluding hydrogens is 1640 g/mol. The predicted octanol–water partition coefficient (Wildman–Crippen LogP) is -1.11. The van der Waals surface area contributed by atoms with Gasteiger partial charge in [-0.2, -0.15) is 39.0 Å². The van der Waals surface area contributed by atoms with Crippen LogP contribution in [0.3, 0.4) is 0 Å². The van der Waals surface area contributed by atoms with Crippen molar-refractivity contribution in [3.63, 3.8) is 0 Å². The van der Waals surface area contributed by atoms with Gasteiger partial charge in [-0.05, 0) is 13.8 Å². The van der Waals surface area contributed by atoms with Crippen molar-refractivity contribution in [2.24, 2.45) is 5.73 Å². The average molecular weight is 1750 g/mol. The minimum absolute atomic E-state index is 0.